The summed E-state index contributed by atoms with van der Waals surface area (Å²) in [5, 5.41) is 5.45. The van der Waals surface area contributed by atoms with Gasteiger partial charge in [-0.25, -0.2) is 4.79 Å². The quantitative estimate of drug-likeness (QED) is 0.783. The van der Waals surface area contributed by atoms with E-state index in [1.807, 2.05) is 45.0 Å². The molecule has 0 unspecified atom stereocenters. The normalized spacial score (nSPS) is 18.7. The molecule has 0 bridgehead atoms. The Hall–Kier alpha value is -2.37. The van der Waals surface area contributed by atoms with E-state index in [1.165, 1.54) is 5.56 Å². The Bertz CT molecular complexity index is 625. The molecule has 1 fully saturated rings. The molecule has 4 amide bonds. The van der Waals surface area contributed by atoms with Crippen LogP contribution in [0.2, 0.25) is 0 Å². The van der Waals surface area contributed by atoms with E-state index in [0.717, 1.165) is 16.9 Å². The number of benzene rings is 1. The predicted molar refractivity (Wildman–Crippen MR) is 91.2 cm³/mol. The van der Waals surface area contributed by atoms with Gasteiger partial charge in [-0.15, -0.1) is 0 Å². The van der Waals surface area contributed by atoms with E-state index in [2.05, 4.69) is 17.6 Å². The maximum Gasteiger partial charge on any atom is 0.325 e. The lowest BCUT2D eigenvalue weighted by Gasteiger charge is -2.18. The third-order valence-corrected chi connectivity index (χ3v) is 4.29. The molecule has 1 aromatic rings. The minimum Gasteiger partial charge on any atom is -0.348 e. The van der Waals surface area contributed by atoms with Gasteiger partial charge < -0.3 is 10.6 Å². The van der Waals surface area contributed by atoms with Crippen LogP contribution in [0.1, 0.15) is 44.9 Å². The summed E-state index contributed by atoms with van der Waals surface area (Å²) in [7, 11) is 0. The summed E-state index contributed by atoms with van der Waals surface area (Å²) in [6, 6.07) is 6.77. The molecule has 24 heavy (non-hydrogen) atoms. The maximum atomic E-state index is 12.2. The van der Waals surface area contributed by atoms with Gasteiger partial charge >= 0.3 is 6.03 Å². The minimum atomic E-state index is -0.552. The molecule has 1 aliphatic heterocycles. The van der Waals surface area contributed by atoms with Crippen LogP contribution in [0.3, 0.4) is 0 Å². The highest BCUT2D eigenvalue weighted by molar-refractivity contribution is 6.06. The monoisotopic (exact) mass is 331 g/mol. The fraction of sp³-hybridized carbons (Fsp3) is 0.500. The van der Waals surface area contributed by atoms with Crippen molar-refractivity contribution >= 4 is 17.8 Å². The van der Waals surface area contributed by atoms with Crippen molar-refractivity contribution in [3.8, 4) is 0 Å². The second kappa shape index (κ2) is 7.47. The van der Waals surface area contributed by atoms with E-state index < -0.39 is 12.1 Å². The summed E-state index contributed by atoms with van der Waals surface area (Å²) >= 11 is 0. The molecule has 0 aliphatic carbocycles. The second-order valence-electron chi connectivity index (χ2n) is 6.48. The molecule has 1 aliphatic rings. The summed E-state index contributed by atoms with van der Waals surface area (Å²) in [5.41, 5.74) is 2.22. The topological polar surface area (TPSA) is 78.5 Å². The third-order valence-electron chi connectivity index (χ3n) is 4.29. The Morgan fingerprint density at radius 3 is 2.33 bits per heavy atom. The fourth-order valence-corrected chi connectivity index (χ4v) is 2.70. The zero-order valence-corrected chi connectivity index (χ0v) is 14.6. The summed E-state index contributed by atoms with van der Waals surface area (Å²) in [5.74, 6) is -0.703. The zero-order chi connectivity index (χ0) is 17.9. The van der Waals surface area contributed by atoms with Crippen LogP contribution < -0.4 is 10.6 Å². The highest BCUT2D eigenvalue weighted by Gasteiger charge is 2.40. The molecule has 2 atom stereocenters. The largest absolute Gasteiger partial charge is 0.348 e. The van der Waals surface area contributed by atoms with Crippen molar-refractivity contribution in [1.82, 2.24) is 15.5 Å². The molecule has 2 rings (SSSR count). The van der Waals surface area contributed by atoms with Crippen LogP contribution in [0.4, 0.5) is 4.79 Å². The second-order valence-corrected chi connectivity index (χ2v) is 6.48. The first-order valence-electron chi connectivity index (χ1n) is 8.33. The van der Waals surface area contributed by atoms with Gasteiger partial charge in [-0.1, -0.05) is 45.0 Å². The van der Waals surface area contributed by atoms with Crippen molar-refractivity contribution in [3.63, 3.8) is 0 Å². The molecule has 1 saturated heterocycles. The first-order valence-corrected chi connectivity index (χ1v) is 8.33. The molecule has 1 aromatic carbocycles. The zero-order valence-electron chi connectivity index (χ0n) is 14.6. The first-order chi connectivity index (χ1) is 11.3. The summed E-state index contributed by atoms with van der Waals surface area (Å²) < 4.78 is 0. The molecular formula is C18H25N3O3. The fourth-order valence-electron chi connectivity index (χ4n) is 2.70. The van der Waals surface area contributed by atoms with E-state index in [9.17, 15) is 14.4 Å². The molecule has 0 saturated carbocycles. The predicted octanol–water partition coefficient (Wildman–Crippen LogP) is 2.00. The number of nitrogens with one attached hydrogen (secondary N) is 2. The SMILES string of the molecule is CCc1ccc([C@H](C)NC(=O)CN2C(=O)N[C@@H](C(C)C)C2=O)cc1. The summed E-state index contributed by atoms with van der Waals surface area (Å²) in [6.45, 7) is 7.42. The van der Waals surface area contributed by atoms with Crippen LogP contribution in [0, 0.1) is 5.92 Å². The number of carbonyl (C=O) groups is 3. The number of aryl methyl sites for hydroxylation is 1. The standard InChI is InChI=1S/C18H25N3O3/c1-5-13-6-8-14(9-7-13)12(4)19-15(22)10-21-17(23)16(11(2)3)20-18(21)24/h6-9,11-12,16H,5,10H2,1-4H3,(H,19,22)(H,20,24)/t12-,16-/m0/s1. The molecular weight excluding hydrogens is 306 g/mol. The molecule has 130 valence electrons. The molecule has 6 nitrogen and oxygen atoms in total. The van der Waals surface area contributed by atoms with Crippen LogP contribution in [-0.2, 0) is 16.0 Å². The lowest BCUT2D eigenvalue weighted by molar-refractivity contribution is -0.133. The van der Waals surface area contributed by atoms with Crippen molar-refractivity contribution in [1.29, 1.82) is 0 Å². The van der Waals surface area contributed by atoms with Gasteiger partial charge in [0.15, 0.2) is 0 Å². The van der Waals surface area contributed by atoms with Gasteiger partial charge in [0, 0.05) is 0 Å². The van der Waals surface area contributed by atoms with E-state index >= 15 is 0 Å². The molecule has 0 spiro atoms. The Morgan fingerprint density at radius 2 is 1.83 bits per heavy atom. The molecule has 0 radical (unpaired) electrons. The maximum absolute atomic E-state index is 12.2. The van der Waals surface area contributed by atoms with Crippen molar-refractivity contribution in [3.05, 3.63) is 35.4 Å². The molecule has 0 aromatic heterocycles. The van der Waals surface area contributed by atoms with Crippen molar-refractivity contribution in [2.24, 2.45) is 5.92 Å². The van der Waals surface area contributed by atoms with Gasteiger partial charge in [0.05, 0.1) is 6.04 Å². The molecule has 1 heterocycles. The Morgan fingerprint density at radius 1 is 1.21 bits per heavy atom. The lowest BCUT2D eigenvalue weighted by Crippen LogP contribution is -2.42. The van der Waals surface area contributed by atoms with Gasteiger partial charge in [0.1, 0.15) is 12.6 Å². The third kappa shape index (κ3) is 3.93. The number of rotatable bonds is 6. The lowest BCUT2D eigenvalue weighted by atomic mass is 10.0. The number of urea groups is 1. The Balaban J connectivity index is 1.95. The van der Waals surface area contributed by atoms with E-state index in [4.69, 9.17) is 0 Å². The van der Waals surface area contributed by atoms with Gasteiger partial charge in [-0.2, -0.15) is 0 Å². The minimum absolute atomic E-state index is 0.00878. The van der Waals surface area contributed by atoms with Crippen molar-refractivity contribution in [2.45, 2.75) is 46.2 Å². The van der Waals surface area contributed by atoms with E-state index in [-0.39, 0.29) is 30.3 Å². The Labute approximate surface area is 142 Å². The van der Waals surface area contributed by atoms with Crippen LogP contribution in [-0.4, -0.2) is 35.3 Å². The van der Waals surface area contributed by atoms with E-state index in [0.29, 0.717) is 0 Å². The van der Waals surface area contributed by atoms with Crippen molar-refractivity contribution < 1.29 is 14.4 Å². The first kappa shape index (κ1) is 18.0. The van der Waals surface area contributed by atoms with Crippen molar-refractivity contribution in [2.75, 3.05) is 6.54 Å². The van der Waals surface area contributed by atoms with E-state index in [1.54, 1.807) is 0 Å². The smallest absolute Gasteiger partial charge is 0.325 e. The van der Waals surface area contributed by atoms with Gasteiger partial charge in [-0.05, 0) is 30.4 Å². The number of nitrogens with zero attached hydrogens (tertiary/aromatic N) is 1. The van der Waals surface area contributed by atoms with Crippen LogP contribution in [0.5, 0.6) is 0 Å². The van der Waals surface area contributed by atoms with Crippen LogP contribution >= 0.6 is 0 Å². The number of carbonyl (C=O) groups excluding carboxylic acids is 3. The van der Waals surface area contributed by atoms with Crippen LogP contribution in [0.25, 0.3) is 0 Å². The highest BCUT2D eigenvalue weighted by atomic mass is 16.2. The summed E-state index contributed by atoms with van der Waals surface area (Å²) in [4.78, 5) is 37.2. The van der Waals surface area contributed by atoms with Gasteiger partial charge in [-0.3, -0.25) is 14.5 Å². The number of hydrogen-bond acceptors (Lipinski definition) is 3. The van der Waals surface area contributed by atoms with Gasteiger partial charge in [0.25, 0.3) is 5.91 Å². The van der Waals surface area contributed by atoms with Crippen LogP contribution in [0.15, 0.2) is 24.3 Å². The average Bonchev–Trinajstić information content (AvgIpc) is 2.83. The Kier molecular flexibility index (Phi) is 5.59. The number of amides is 4. The summed E-state index contributed by atoms with van der Waals surface area (Å²) in [6.07, 6.45) is 0.963. The number of hydrogen-bond donors (Lipinski definition) is 2. The van der Waals surface area contributed by atoms with Gasteiger partial charge in [0.2, 0.25) is 5.91 Å². The molecule has 2 N–H and O–H groups in total. The molecule has 6 heteroatoms. The highest BCUT2D eigenvalue weighted by Crippen LogP contribution is 2.15. The average molecular weight is 331 g/mol. The number of imide groups is 1.